The molecule has 5 heterocycles. The number of rotatable bonds is 11. The van der Waals surface area contributed by atoms with Gasteiger partial charge >= 0.3 is 19.3 Å². The van der Waals surface area contributed by atoms with Crippen LogP contribution in [0, 0.1) is 0 Å². The summed E-state index contributed by atoms with van der Waals surface area (Å²) in [5.41, 5.74) is 4.93. The van der Waals surface area contributed by atoms with Gasteiger partial charge in [-0.3, -0.25) is 23.4 Å². The van der Waals surface area contributed by atoms with Gasteiger partial charge < -0.3 is 55.4 Å². The third-order valence-corrected chi connectivity index (χ3v) is 19.2. The monoisotopic (exact) mass is 783 g/mol. The largest absolute Gasteiger partial charge is 0.397 e. The molecule has 47 heavy (non-hydrogen) atoms. The number of aromatic amines is 1. The van der Waals surface area contributed by atoms with Gasteiger partial charge in [0, 0.05) is 33.1 Å². The number of H-pyrrole nitrogens is 1. The Morgan fingerprint density at radius 1 is 0.915 bits per heavy atom. The van der Waals surface area contributed by atoms with Crippen LogP contribution in [0.2, 0.25) is 0 Å². The molecule has 0 radical (unpaired) electrons. The molecule has 9 atom stereocenters. The van der Waals surface area contributed by atoms with E-state index < -0.39 is 87.1 Å². The van der Waals surface area contributed by atoms with Gasteiger partial charge in [0.1, 0.15) is 48.5 Å². The van der Waals surface area contributed by atoms with Gasteiger partial charge in [0.2, 0.25) is 0 Å². The first-order chi connectivity index (χ1) is 22.0. The summed E-state index contributed by atoms with van der Waals surface area (Å²) in [7, 11) is 1.86. The van der Waals surface area contributed by atoms with Crippen LogP contribution in [0.25, 0.3) is 11.2 Å². The Hall–Kier alpha value is -1.55. The van der Waals surface area contributed by atoms with E-state index in [0.29, 0.717) is 30.1 Å². The second-order valence-electron chi connectivity index (χ2n) is 9.42. The summed E-state index contributed by atoms with van der Waals surface area (Å²) in [5, 5.41) is 48.6. The zero-order valence-corrected chi connectivity index (χ0v) is 28.2. The highest BCUT2D eigenvalue weighted by atomic mass is 33.8. The lowest BCUT2D eigenvalue weighted by atomic mass is 10.1. The molecule has 0 bridgehead atoms. The van der Waals surface area contributed by atoms with Gasteiger partial charge in [-0.25, -0.2) is 28.9 Å². The number of imidazole rings is 1. The smallest absolute Gasteiger partial charge is 0.394 e. The highest BCUT2D eigenvalue weighted by Crippen LogP contribution is 2.70. The SMILES string of the molecule is Nc1ncnc2c1ncn2[C@@H]1O[C@H](COP(=O)(O)SSSSP(=O)(O)O)[C@@H](O)[C@H]1O.O=c1ccn([C@@H]2O[C@H](CO)[C@@H](O)[C@H]2O)c(=O)[nH]1. The molecule has 0 spiro atoms. The Balaban J connectivity index is 0.000000248. The Labute approximate surface area is 276 Å². The van der Waals surface area contributed by atoms with Crippen molar-refractivity contribution in [3.63, 3.8) is 0 Å². The summed E-state index contributed by atoms with van der Waals surface area (Å²) in [5.74, 6) is 0.122. The minimum Gasteiger partial charge on any atom is -0.394 e. The molecular weight excluding hydrogens is 756 g/mol. The van der Waals surface area contributed by atoms with Crippen molar-refractivity contribution in [3.05, 3.63) is 45.8 Å². The van der Waals surface area contributed by atoms with Crippen molar-refractivity contribution in [3.8, 4) is 0 Å². The number of nitrogens with two attached hydrogens (primary N) is 1. The van der Waals surface area contributed by atoms with Crippen molar-refractivity contribution >= 4 is 71.1 Å². The second kappa shape index (κ2) is 16.0. The number of anilines is 1. The maximum Gasteiger partial charge on any atom is 0.397 e. The van der Waals surface area contributed by atoms with Crippen LogP contribution in [0.5, 0.6) is 0 Å². The first-order valence-electron chi connectivity index (χ1n) is 12.7. The molecule has 262 valence electrons. The van der Waals surface area contributed by atoms with Crippen LogP contribution in [-0.2, 0) is 23.1 Å². The molecule has 0 aliphatic carbocycles. The van der Waals surface area contributed by atoms with Gasteiger partial charge in [-0.1, -0.05) is 0 Å². The highest BCUT2D eigenvalue weighted by molar-refractivity contribution is 9.36. The Kier molecular flexibility index (Phi) is 13.0. The summed E-state index contributed by atoms with van der Waals surface area (Å²) < 4.78 is 40.6. The third-order valence-electron chi connectivity index (χ3n) is 6.32. The Morgan fingerprint density at radius 2 is 1.53 bits per heavy atom. The number of nitrogen functional groups attached to an aromatic ring is 1. The molecule has 11 N–H and O–H groups in total. The lowest BCUT2D eigenvalue weighted by Gasteiger charge is -2.17. The van der Waals surface area contributed by atoms with Crippen LogP contribution in [0.1, 0.15) is 12.5 Å². The summed E-state index contributed by atoms with van der Waals surface area (Å²) in [4.78, 5) is 63.4. The van der Waals surface area contributed by atoms with Crippen LogP contribution in [0.3, 0.4) is 0 Å². The van der Waals surface area contributed by atoms with Gasteiger partial charge in [-0.05, 0) is 19.7 Å². The number of aromatic nitrogens is 6. The van der Waals surface area contributed by atoms with Crippen molar-refractivity contribution < 1.29 is 63.3 Å². The fraction of sp³-hybridized carbons (Fsp3) is 0.526. The number of aliphatic hydroxyl groups excluding tert-OH is 5. The van der Waals surface area contributed by atoms with Crippen LogP contribution in [-0.4, -0.2) is 119 Å². The normalized spacial score (nSPS) is 29.0. The summed E-state index contributed by atoms with van der Waals surface area (Å²) in [6, 6.07) is 1.09. The fourth-order valence-electron chi connectivity index (χ4n) is 4.18. The first kappa shape index (κ1) is 38.3. The van der Waals surface area contributed by atoms with E-state index in [1.807, 2.05) is 4.98 Å². The summed E-state index contributed by atoms with van der Waals surface area (Å²) in [6.45, 7) is -9.57. The molecule has 2 aliphatic rings. The molecule has 28 heteroatoms. The average Bonchev–Trinajstić information content (AvgIpc) is 3.64. The summed E-state index contributed by atoms with van der Waals surface area (Å²) >= 11 is 0. The minimum absolute atomic E-state index is 0.122. The van der Waals surface area contributed by atoms with Gasteiger partial charge in [-0.2, -0.15) is 0 Å². The maximum absolute atomic E-state index is 12.0. The van der Waals surface area contributed by atoms with Crippen molar-refractivity contribution in [1.82, 2.24) is 29.1 Å². The predicted molar refractivity (Wildman–Crippen MR) is 168 cm³/mol. The van der Waals surface area contributed by atoms with E-state index in [1.165, 1.54) is 17.2 Å². The molecule has 0 saturated carbocycles. The van der Waals surface area contributed by atoms with Crippen molar-refractivity contribution in [2.75, 3.05) is 18.9 Å². The van der Waals surface area contributed by atoms with E-state index in [0.717, 1.165) is 16.8 Å². The molecule has 2 saturated heterocycles. The zero-order valence-electron chi connectivity index (χ0n) is 23.1. The molecule has 5 rings (SSSR count). The number of hydrogen-bond donors (Lipinski definition) is 10. The van der Waals surface area contributed by atoms with Crippen molar-refractivity contribution in [2.24, 2.45) is 0 Å². The van der Waals surface area contributed by atoms with Gasteiger partial charge in [0.05, 0.1) is 19.5 Å². The number of fused-ring (bicyclic) bond motifs is 1. The molecule has 0 aromatic carbocycles. The molecule has 2 fully saturated rings. The molecular formula is C19H27N7O15P2S4. The molecule has 3 aromatic heterocycles. The number of hydrogen-bond acceptors (Lipinski definition) is 20. The van der Waals surface area contributed by atoms with E-state index >= 15 is 0 Å². The first-order valence-corrected chi connectivity index (χ1v) is 21.9. The van der Waals surface area contributed by atoms with Crippen LogP contribution < -0.4 is 17.0 Å². The zero-order chi connectivity index (χ0) is 34.7. The van der Waals surface area contributed by atoms with Crippen LogP contribution >= 0.6 is 54.1 Å². The van der Waals surface area contributed by atoms with E-state index in [4.69, 9.17) is 34.6 Å². The Bertz CT molecular complexity index is 1750. The Morgan fingerprint density at radius 3 is 2.15 bits per heavy atom. The van der Waals surface area contributed by atoms with Crippen LogP contribution in [0.4, 0.5) is 5.82 Å². The number of nitrogens with one attached hydrogen (secondary N) is 1. The topological polar surface area (TPSA) is 348 Å². The van der Waals surface area contributed by atoms with Gasteiger partial charge in [-0.15, -0.1) is 0 Å². The van der Waals surface area contributed by atoms with Crippen molar-refractivity contribution in [2.45, 2.75) is 49.1 Å². The van der Waals surface area contributed by atoms with E-state index in [9.17, 15) is 44.0 Å². The highest BCUT2D eigenvalue weighted by Gasteiger charge is 2.46. The van der Waals surface area contributed by atoms with E-state index in [2.05, 4.69) is 15.0 Å². The lowest BCUT2D eigenvalue weighted by molar-refractivity contribution is -0.0550. The molecule has 1 unspecified atom stereocenters. The molecule has 0 amide bonds. The number of nitrogens with zero attached hydrogens (tertiary/aromatic N) is 5. The number of aliphatic hydroxyl groups is 5. The molecule has 3 aromatic rings. The molecule has 2 aliphatic heterocycles. The van der Waals surface area contributed by atoms with E-state index in [-0.39, 0.29) is 27.4 Å². The second-order valence-corrected chi connectivity index (χ2v) is 21.8. The van der Waals surface area contributed by atoms with E-state index in [1.54, 1.807) is 0 Å². The maximum atomic E-state index is 12.0. The number of ether oxygens (including phenoxy) is 2. The standard InChI is InChI=1S/C10H15N5O9P2S4.C9H12N2O6/c11-8-5-9(13-2-12-8)15(3-14-5)10-7(17)6(16)4(24-10)1-23-26(21,22)28-30-29-27-25(18,19)20;12-3-4-6(14)7(15)8(17-4)11-2-1-5(13)10-9(11)16/h2-4,6-7,10,16-17H,1H2,(H,21,22)(H2,11,12,13)(H2,18,19,20);1-2,4,6-8,12,14-15H,3H2,(H,10,13,16)/t4-,6-,7-,10-;4-,6-,7-,8-/m11/s1. The minimum atomic E-state index is -4.32. The quantitative estimate of drug-likeness (QED) is 0.0574. The van der Waals surface area contributed by atoms with Gasteiger partial charge in [0.25, 0.3) is 5.56 Å². The molecule has 22 nitrogen and oxygen atoms in total. The summed E-state index contributed by atoms with van der Waals surface area (Å²) in [6.07, 6.45) is -6.19. The third kappa shape index (κ3) is 9.58. The predicted octanol–water partition coefficient (Wildman–Crippen LogP) is -1.94. The van der Waals surface area contributed by atoms with Gasteiger partial charge in [0.15, 0.2) is 23.9 Å². The van der Waals surface area contributed by atoms with Crippen molar-refractivity contribution in [1.29, 1.82) is 0 Å². The van der Waals surface area contributed by atoms with Crippen LogP contribution in [0.15, 0.2) is 34.5 Å². The fourth-order valence-corrected chi connectivity index (χ4v) is 17.5. The average molecular weight is 784 g/mol. The lowest BCUT2D eigenvalue weighted by Crippen LogP contribution is -2.37.